The molecule has 124 valence electrons. The molecule has 1 heterocycles. The van der Waals surface area contributed by atoms with Crippen LogP contribution in [0.25, 0.3) is 0 Å². The van der Waals surface area contributed by atoms with Crippen molar-refractivity contribution >= 4 is 11.4 Å². The summed E-state index contributed by atoms with van der Waals surface area (Å²) in [6.07, 6.45) is 0.447. The molecule has 3 rings (SSSR count). The highest BCUT2D eigenvalue weighted by Gasteiger charge is 2.33. The zero-order valence-electron chi connectivity index (χ0n) is 12.9. The number of rotatable bonds is 4. The van der Waals surface area contributed by atoms with Crippen LogP contribution in [0.4, 0.5) is 11.4 Å². The summed E-state index contributed by atoms with van der Waals surface area (Å²) in [7, 11) is 1.80. The van der Waals surface area contributed by atoms with Crippen LogP contribution in [0.15, 0.2) is 48.5 Å². The van der Waals surface area contributed by atoms with Crippen LogP contribution in [0.2, 0.25) is 0 Å². The normalized spacial score (nSPS) is 20.9. The lowest BCUT2D eigenvalue weighted by Crippen LogP contribution is -2.16. The molecule has 1 aliphatic rings. The summed E-state index contributed by atoms with van der Waals surface area (Å²) in [6.45, 7) is 0. The number of nitro benzene ring substituents is 2. The highest BCUT2D eigenvalue weighted by Crippen LogP contribution is 2.41. The van der Waals surface area contributed by atoms with Crippen molar-refractivity contribution in [1.82, 2.24) is 5.06 Å². The van der Waals surface area contributed by atoms with Crippen molar-refractivity contribution in [3.63, 3.8) is 0 Å². The maximum atomic E-state index is 10.7. The van der Waals surface area contributed by atoms with Gasteiger partial charge in [-0.15, -0.1) is 0 Å². The SMILES string of the molecule is CN1O[C@@H](c2ccc([N+](=O)[O-])cc2)C[C@H]1c1ccc([N+](=O)[O-])cc1. The first-order valence-electron chi connectivity index (χ1n) is 7.34. The fourth-order valence-corrected chi connectivity index (χ4v) is 2.84. The molecule has 1 aliphatic heterocycles. The van der Waals surface area contributed by atoms with E-state index in [2.05, 4.69) is 0 Å². The number of non-ortho nitro benzene ring substituents is 2. The van der Waals surface area contributed by atoms with Gasteiger partial charge in [0, 0.05) is 37.7 Å². The lowest BCUT2D eigenvalue weighted by molar-refractivity contribution is -0.385. The minimum Gasteiger partial charge on any atom is -0.291 e. The van der Waals surface area contributed by atoms with Gasteiger partial charge in [-0.3, -0.25) is 25.1 Å². The monoisotopic (exact) mass is 329 g/mol. The minimum atomic E-state index is -0.439. The average molecular weight is 329 g/mol. The number of benzene rings is 2. The molecule has 2 aromatic carbocycles. The van der Waals surface area contributed by atoms with Crippen LogP contribution < -0.4 is 0 Å². The summed E-state index contributed by atoms with van der Waals surface area (Å²) >= 11 is 0. The first kappa shape index (κ1) is 16.0. The Kier molecular flexibility index (Phi) is 4.24. The number of hydroxylamine groups is 2. The highest BCUT2D eigenvalue weighted by atomic mass is 16.7. The fraction of sp³-hybridized carbons (Fsp3) is 0.250. The lowest BCUT2D eigenvalue weighted by Gasteiger charge is -2.17. The largest absolute Gasteiger partial charge is 0.291 e. The van der Waals surface area contributed by atoms with Crippen LogP contribution in [0.3, 0.4) is 0 Å². The fourth-order valence-electron chi connectivity index (χ4n) is 2.84. The van der Waals surface area contributed by atoms with Crippen LogP contribution >= 0.6 is 0 Å². The Morgan fingerprint density at radius 1 is 0.917 bits per heavy atom. The van der Waals surface area contributed by atoms with Crippen LogP contribution in [0.1, 0.15) is 29.7 Å². The molecular formula is C16H15N3O5. The molecule has 0 amide bonds. The Balaban J connectivity index is 1.76. The van der Waals surface area contributed by atoms with Crippen molar-refractivity contribution in [3.05, 3.63) is 79.9 Å². The van der Waals surface area contributed by atoms with Gasteiger partial charge in [-0.2, -0.15) is 5.06 Å². The van der Waals surface area contributed by atoms with Crippen LogP contribution in [0.5, 0.6) is 0 Å². The summed E-state index contributed by atoms with van der Waals surface area (Å²) in [6, 6.07) is 12.7. The Morgan fingerprint density at radius 3 is 1.83 bits per heavy atom. The van der Waals surface area contributed by atoms with E-state index in [0.29, 0.717) is 6.42 Å². The Bertz CT molecular complexity index is 760. The second-order valence-corrected chi connectivity index (χ2v) is 5.59. The van der Waals surface area contributed by atoms with Gasteiger partial charge in [0.15, 0.2) is 0 Å². The molecular weight excluding hydrogens is 314 g/mol. The van der Waals surface area contributed by atoms with Crippen molar-refractivity contribution in [2.75, 3.05) is 7.05 Å². The molecule has 1 fully saturated rings. The quantitative estimate of drug-likeness (QED) is 0.628. The van der Waals surface area contributed by atoms with Crippen LogP contribution in [-0.4, -0.2) is 22.0 Å². The number of nitrogens with zero attached hydrogens (tertiary/aromatic N) is 3. The van der Waals surface area contributed by atoms with E-state index >= 15 is 0 Å². The van der Waals surface area contributed by atoms with E-state index < -0.39 is 9.85 Å². The number of hydrogen-bond donors (Lipinski definition) is 0. The van der Waals surface area contributed by atoms with Gasteiger partial charge in [0.05, 0.1) is 15.9 Å². The number of nitro groups is 2. The van der Waals surface area contributed by atoms with Gasteiger partial charge in [-0.1, -0.05) is 12.1 Å². The summed E-state index contributed by atoms with van der Waals surface area (Å²) in [5.41, 5.74) is 1.87. The lowest BCUT2D eigenvalue weighted by atomic mass is 9.98. The summed E-state index contributed by atoms with van der Waals surface area (Å²) in [5, 5.41) is 23.2. The molecule has 2 atom stereocenters. The molecule has 0 N–H and O–H groups in total. The maximum absolute atomic E-state index is 10.7. The molecule has 0 spiro atoms. The average Bonchev–Trinajstić information content (AvgIpc) is 2.97. The molecule has 8 heteroatoms. The van der Waals surface area contributed by atoms with Gasteiger partial charge in [0.25, 0.3) is 11.4 Å². The molecule has 0 aromatic heterocycles. The highest BCUT2D eigenvalue weighted by molar-refractivity contribution is 5.36. The van der Waals surface area contributed by atoms with Crippen molar-refractivity contribution in [3.8, 4) is 0 Å². The van der Waals surface area contributed by atoms with E-state index in [1.165, 1.54) is 24.3 Å². The van der Waals surface area contributed by atoms with E-state index in [4.69, 9.17) is 4.84 Å². The molecule has 24 heavy (non-hydrogen) atoms. The topological polar surface area (TPSA) is 98.8 Å². The molecule has 0 saturated carbocycles. The summed E-state index contributed by atoms with van der Waals surface area (Å²) in [5.74, 6) is 0. The van der Waals surface area contributed by atoms with Gasteiger partial charge in [-0.05, 0) is 23.3 Å². The Labute approximate surface area is 137 Å². The first-order chi connectivity index (χ1) is 11.5. The zero-order valence-corrected chi connectivity index (χ0v) is 12.9. The van der Waals surface area contributed by atoms with Crippen LogP contribution in [-0.2, 0) is 4.84 Å². The van der Waals surface area contributed by atoms with Gasteiger partial charge in [0.1, 0.15) is 6.10 Å². The molecule has 0 radical (unpaired) electrons. The van der Waals surface area contributed by atoms with E-state index in [1.54, 1.807) is 36.4 Å². The van der Waals surface area contributed by atoms with E-state index in [1.807, 2.05) is 0 Å². The number of hydrogen-bond acceptors (Lipinski definition) is 6. The third-order valence-electron chi connectivity index (χ3n) is 4.13. The van der Waals surface area contributed by atoms with Crippen LogP contribution in [0, 0.1) is 20.2 Å². The Hall–Kier alpha value is -2.84. The second kappa shape index (κ2) is 6.34. The predicted molar refractivity (Wildman–Crippen MR) is 85.1 cm³/mol. The van der Waals surface area contributed by atoms with Gasteiger partial charge >= 0.3 is 0 Å². The third kappa shape index (κ3) is 3.10. The molecule has 0 bridgehead atoms. The molecule has 1 saturated heterocycles. The zero-order chi connectivity index (χ0) is 17.3. The van der Waals surface area contributed by atoms with Crippen molar-refractivity contribution in [2.24, 2.45) is 0 Å². The Morgan fingerprint density at radius 2 is 1.38 bits per heavy atom. The van der Waals surface area contributed by atoms with Gasteiger partial charge in [-0.25, -0.2) is 0 Å². The minimum absolute atomic E-state index is 0.0361. The summed E-state index contributed by atoms with van der Waals surface area (Å²) in [4.78, 5) is 26.4. The molecule has 0 unspecified atom stereocenters. The summed E-state index contributed by atoms with van der Waals surface area (Å²) < 4.78 is 0. The van der Waals surface area contributed by atoms with E-state index in [9.17, 15) is 20.2 Å². The van der Waals surface area contributed by atoms with Crippen molar-refractivity contribution in [2.45, 2.75) is 18.6 Å². The van der Waals surface area contributed by atoms with Gasteiger partial charge < -0.3 is 0 Å². The molecule has 2 aromatic rings. The van der Waals surface area contributed by atoms with E-state index in [0.717, 1.165) is 11.1 Å². The van der Waals surface area contributed by atoms with Crippen molar-refractivity contribution < 1.29 is 14.7 Å². The maximum Gasteiger partial charge on any atom is 0.269 e. The molecule has 0 aliphatic carbocycles. The predicted octanol–water partition coefficient (Wildman–Crippen LogP) is 3.55. The van der Waals surface area contributed by atoms with Crippen molar-refractivity contribution in [1.29, 1.82) is 0 Å². The van der Waals surface area contributed by atoms with E-state index in [-0.39, 0.29) is 23.5 Å². The second-order valence-electron chi connectivity index (χ2n) is 5.59. The smallest absolute Gasteiger partial charge is 0.269 e. The first-order valence-corrected chi connectivity index (χ1v) is 7.34. The molecule has 8 nitrogen and oxygen atoms in total. The third-order valence-corrected chi connectivity index (χ3v) is 4.13. The van der Waals surface area contributed by atoms with Gasteiger partial charge in [0.2, 0.25) is 0 Å². The standard InChI is InChI=1S/C16H15N3O5/c1-17-15(11-2-6-13(7-3-11)18(20)21)10-16(24-17)12-4-8-14(9-5-12)19(22)23/h2-9,15-16H,10H2,1H3/t15-,16+/m0/s1.